The Morgan fingerprint density at radius 3 is 2.67 bits per heavy atom. The third kappa shape index (κ3) is 6.06. The van der Waals surface area contributed by atoms with E-state index in [0.717, 1.165) is 29.4 Å². The number of nitrogens with one attached hydrogen (secondary N) is 2. The highest BCUT2D eigenvalue weighted by molar-refractivity contribution is 9.10. The number of halogens is 1. The van der Waals surface area contributed by atoms with Crippen LogP contribution < -0.4 is 15.4 Å². The smallest absolute Gasteiger partial charge is 0.260 e. The maximum absolute atomic E-state index is 12.1. The van der Waals surface area contributed by atoms with Crippen molar-refractivity contribution >= 4 is 21.8 Å². The van der Waals surface area contributed by atoms with Gasteiger partial charge in [-0.3, -0.25) is 4.79 Å². The van der Waals surface area contributed by atoms with Gasteiger partial charge in [0, 0.05) is 12.6 Å². The molecule has 0 aliphatic rings. The summed E-state index contributed by atoms with van der Waals surface area (Å²) in [6, 6.07) is 6.04. The maximum atomic E-state index is 12.1. The first-order valence-corrected chi connectivity index (χ1v) is 8.17. The molecule has 0 aromatic heterocycles. The molecule has 0 spiro atoms. The summed E-state index contributed by atoms with van der Waals surface area (Å²) in [4.78, 5) is 12.1. The SMILES string of the molecule is CCCC(C)NC(=O)C(C)Oc1ccc(CNC)cc1Br. The standard InChI is InChI=1S/C16H25BrN2O2/c1-5-6-11(2)19-16(20)12(3)21-15-8-7-13(10-18-4)9-14(15)17/h7-9,11-12,18H,5-6,10H2,1-4H3,(H,19,20). The molecule has 0 bridgehead atoms. The molecule has 0 saturated carbocycles. The van der Waals surface area contributed by atoms with Crippen LogP contribution in [0.5, 0.6) is 5.75 Å². The highest BCUT2D eigenvalue weighted by atomic mass is 79.9. The van der Waals surface area contributed by atoms with E-state index in [0.29, 0.717) is 5.75 Å². The lowest BCUT2D eigenvalue weighted by atomic mass is 10.2. The molecular formula is C16H25BrN2O2. The van der Waals surface area contributed by atoms with Crippen molar-refractivity contribution in [1.82, 2.24) is 10.6 Å². The van der Waals surface area contributed by atoms with Crippen LogP contribution in [0.2, 0.25) is 0 Å². The number of ether oxygens (including phenoxy) is 1. The maximum Gasteiger partial charge on any atom is 0.260 e. The van der Waals surface area contributed by atoms with Crippen molar-refractivity contribution < 1.29 is 9.53 Å². The van der Waals surface area contributed by atoms with E-state index in [9.17, 15) is 4.79 Å². The molecule has 4 nitrogen and oxygen atoms in total. The molecule has 2 atom stereocenters. The van der Waals surface area contributed by atoms with Gasteiger partial charge >= 0.3 is 0 Å². The normalized spacial score (nSPS) is 13.6. The van der Waals surface area contributed by atoms with Gasteiger partial charge in [0.1, 0.15) is 5.75 Å². The van der Waals surface area contributed by atoms with Gasteiger partial charge in [-0.2, -0.15) is 0 Å². The molecule has 2 N–H and O–H groups in total. The summed E-state index contributed by atoms with van der Waals surface area (Å²) >= 11 is 3.49. The van der Waals surface area contributed by atoms with Gasteiger partial charge in [-0.15, -0.1) is 0 Å². The molecule has 5 heteroatoms. The predicted molar refractivity (Wildman–Crippen MR) is 89.5 cm³/mol. The summed E-state index contributed by atoms with van der Waals surface area (Å²) in [6.45, 7) is 6.67. The number of benzene rings is 1. The fourth-order valence-corrected chi connectivity index (χ4v) is 2.58. The van der Waals surface area contributed by atoms with Crippen LogP contribution in [-0.4, -0.2) is 25.1 Å². The van der Waals surface area contributed by atoms with Gasteiger partial charge in [-0.05, 0) is 60.9 Å². The van der Waals surface area contributed by atoms with Crippen LogP contribution in [0.25, 0.3) is 0 Å². The van der Waals surface area contributed by atoms with Crippen molar-refractivity contribution in [3.05, 3.63) is 28.2 Å². The molecule has 1 aromatic carbocycles. The fraction of sp³-hybridized carbons (Fsp3) is 0.562. The number of amides is 1. The lowest BCUT2D eigenvalue weighted by Gasteiger charge is -2.19. The highest BCUT2D eigenvalue weighted by Gasteiger charge is 2.17. The van der Waals surface area contributed by atoms with Crippen molar-refractivity contribution in [2.75, 3.05) is 7.05 Å². The van der Waals surface area contributed by atoms with E-state index < -0.39 is 6.10 Å². The first kappa shape index (κ1) is 18.0. The summed E-state index contributed by atoms with van der Waals surface area (Å²) < 4.78 is 6.60. The van der Waals surface area contributed by atoms with Gasteiger partial charge in [-0.1, -0.05) is 19.4 Å². The number of carbonyl (C=O) groups excluding carboxylic acids is 1. The molecule has 0 fully saturated rings. The molecule has 1 amide bonds. The van der Waals surface area contributed by atoms with Crippen molar-refractivity contribution in [2.45, 2.75) is 52.3 Å². The number of carbonyl (C=O) groups is 1. The average Bonchev–Trinajstić information content (AvgIpc) is 2.42. The van der Waals surface area contributed by atoms with Gasteiger partial charge in [0.15, 0.2) is 6.10 Å². The summed E-state index contributed by atoms with van der Waals surface area (Å²) in [6.07, 6.45) is 1.51. The van der Waals surface area contributed by atoms with E-state index in [1.165, 1.54) is 0 Å². The van der Waals surface area contributed by atoms with E-state index in [1.54, 1.807) is 6.92 Å². The minimum Gasteiger partial charge on any atom is -0.480 e. The monoisotopic (exact) mass is 356 g/mol. The Morgan fingerprint density at radius 1 is 1.38 bits per heavy atom. The third-order valence-corrected chi connectivity index (χ3v) is 3.78. The third-order valence-electron chi connectivity index (χ3n) is 3.16. The molecule has 21 heavy (non-hydrogen) atoms. The Hall–Kier alpha value is -1.07. The lowest BCUT2D eigenvalue weighted by molar-refractivity contribution is -0.127. The van der Waals surface area contributed by atoms with Crippen LogP contribution in [0.3, 0.4) is 0 Å². The topological polar surface area (TPSA) is 50.4 Å². The number of hydrogen-bond donors (Lipinski definition) is 2. The average molecular weight is 357 g/mol. The number of hydrogen-bond acceptors (Lipinski definition) is 3. The zero-order valence-corrected chi connectivity index (χ0v) is 14.8. The quantitative estimate of drug-likeness (QED) is 0.751. The van der Waals surface area contributed by atoms with Gasteiger partial charge in [0.2, 0.25) is 0 Å². The Morgan fingerprint density at radius 2 is 2.10 bits per heavy atom. The van der Waals surface area contributed by atoms with E-state index in [1.807, 2.05) is 32.2 Å². The number of rotatable bonds is 8. The zero-order chi connectivity index (χ0) is 15.8. The summed E-state index contributed by atoms with van der Waals surface area (Å²) in [5, 5.41) is 6.06. The highest BCUT2D eigenvalue weighted by Crippen LogP contribution is 2.27. The Balaban J connectivity index is 2.61. The Kier molecular flexibility index (Phi) is 7.75. The van der Waals surface area contributed by atoms with Crippen molar-refractivity contribution in [2.24, 2.45) is 0 Å². The predicted octanol–water partition coefficient (Wildman–Crippen LogP) is 3.24. The van der Waals surface area contributed by atoms with Crippen LogP contribution in [0.4, 0.5) is 0 Å². The van der Waals surface area contributed by atoms with Gasteiger partial charge < -0.3 is 15.4 Å². The summed E-state index contributed by atoms with van der Waals surface area (Å²) in [5.41, 5.74) is 1.16. The second-order valence-electron chi connectivity index (χ2n) is 5.25. The molecule has 0 radical (unpaired) electrons. The van der Waals surface area contributed by atoms with Crippen LogP contribution in [0, 0.1) is 0 Å². The van der Waals surface area contributed by atoms with Gasteiger partial charge in [0.25, 0.3) is 5.91 Å². The lowest BCUT2D eigenvalue weighted by Crippen LogP contribution is -2.41. The zero-order valence-electron chi connectivity index (χ0n) is 13.2. The molecule has 0 saturated heterocycles. The molecule has 2 unspecified atom stereocenters. The van der Waals surface area contributed by atoms with Crippen LogP contribution >= 0.6 is 15.9 Å². The Labute approximate surface area is 135 Å². The van der Waals surface area contributed by atoms with Crippen LogP contribution in [0.1, 0.15) is 39.2 Å². The van der Waals surface area contributed by atoms with E-state index in [4.69, 9.17) is 4.74 Å². The second-order valence-corrected chi connectivity index (χ2v) is 6.11. The molecule has 1 aromatic rings. The van der Waals surface area contributed by atoms with Crippen LogP contribution in [-0.2, 0) is 11.3 Å². The summed E-state index contributed by atoms with van der Waals surface area (Å²) in [5.74, 6) is 0.600. The van der Waals surface area contributed by atoms with Crippen molar-refractivity contribution in [1.29, 1.82) is 0 Å². The summed E-state index contributed by atoms with van der Waals surface area (Å²) in [7, 11) is 1.90. The van der Waals surface area contributed by atoms with E-state index in [2.05, 4.69) is 33.5 Å². The van der Waals surface area contributed by atoms with E-state index in [-0.39, 0.29) is 11.9 Å². The molecule has 0 aliphatic heterocycles. The molecule has 118 valence electrons. The molecular weight excluding hydrogens is 332 g/mol. The first-order valence-electron chi connectivity index (χ1n) is 7.38. The molecule has 0 heterocycles. The molecule has 0 aliphatic carbocycles. The van der Waals surface area contributed by atoms with Crippen molar-refractivity contribution in [3.8, 4) is 5.75 Å². The second kappa shape index (κ2) is 9.05. The van der Waals surface area contributed by atoms with Gasteiger partial charge in [0.05, 0.1) is 4.47 Å². The fourth-order valence-electron chi connectivity index (χ4n) is 2.06. The van der Waals surface area contributed by atoms with Crippen LogP contribution in [0.15, 0.2) is 22.7 Å². The van der Waals surface area contributed by atoms with E-state index >= 15 is 0 Å². The molecule has 1 rings (SSSR count). The first-order chi connectivity index (χ1) is 9.97. The van der Waals surface area contributed by atoms with Gasteiger partial charge in [-0.25, -0.2) is 0 Å². The largest absolute Gasteiger partial charge is 0.480 e. The minimum absolute atomic E-state index is 0.0813. The Bertz CT molecular complexity index is 466. The van der Waals surface area contributed by atoms with Crippen molar-refractivity contribution in [3.63, 3.8) is 0 Å². The minimum atomic E-state index is -0.518.